The van der Waals surface area contributed by atoms with E-state index in [9.17, 15) is 9.59 Å². The molecule has 0 aliphatic carbocycles. The molecule has 0 bridgehead atoms. The number of methoxy groups -OCH3 is 1. The SMILES string of the molecule is COc1ccc(CCn2c(-c3ccccc3C)nc3sc4ccccc4c(=O)c3c2=O)cc1. The Labute approximate surface area is 194 Å². The van der Waals surface area contributed by atoms with Gasteiger partial charge in [0.25, 0.3) is 5.56 Å². The summed E-state index contributed by atoms with van der Waals surface area (Å²) in [6, 6.07) is 23.0. The molecule has 164 valence electrons. The van der Waals surface area contributed by atoms with E-state index in [-0.39, 0.29) is 16.4 Å². The third kappa shape index (κ3) is 3.83. The van der Waals surface area contributed by atoms with Gasteiger partial charge in [0.05, 0.1) is 7.11 Å². The van der Waals surface area contributed by atoms with Crippen molar-refractivity contribution in [3.8, 4) is 17.1 Å². The molecule has 0 spiro atoms. The number of hydrogen-bond acceptors (Lipinski definition) is 5. The van der Waals surface area contributed by atoms with E-state index < -0.39 is 0 Å². The van der Waals surface area contributed by atoms with Crippen molar-refractivity contribution in [2.24, 2.45) is 0 Å². The van der Waals surface area contributed by atoms with Gasteiger partial charge >= 0.3 is 0 Å². The molecule has 2 aromatic heterocycles. The molecule has 0 amide bonds. The number of fused-ring (bicyclic) bond motifs is 2. The highest BCUT2D eigenvalue weighted by molar-refractivity contribution is 7.24. The lowest BCUT2D eigenvalue weighted by Gasteiger charge is -2.15. The predicted molar refractivity (Wildman–Crippen MR) is 135 cm³/mol. The van der Waals surface area contributed by atoms with Gasteiger partial charge < -0.3 is 4.74 Å². The van der Waals surface area contributed by atoms with E-state index in [1.54, 1.807) is 17.7 Å². The van der Waals surface area contributed by atoms with Crippen LogP contribution in [0.1, 0.15) is 11.1 Å². The second-order valence-electron chi connectivity index (χ2n) is 7.91. The van der Waals surface area contributed by atoms with Crippen molar-refractivity contribution in [1.29, 1.82) is 0 Å². The molecule has 2 heterocycles. The average molecular weight is 455 g/mol. The highest BCUT2D eigenvalue weighted by atomic mass is 32.1. The molecule has 0 fully saturated rings. The average Bonchev–Trinajstić information content (AvgIpc) is 2.84. The highest BCUT2D eigenvalue weighted by Crippen LogP contribution is 2.26. The number of benzene rings is 3. The number of hydrogen-bond donors (Lipinski definition) is 0. The fourth-order valence-corrected chi connectivity index (χ4v) is 5.09. The number of rotatable bonds is 5. The lowest BCUT2D eigenvalue weighted by atomic mass is 10.1. The molecule has 3 aromatic carbocycles. The van der Waals surface area contributed by atoms with Gasteiger partial charge in [0, 0.05) is 22.2 Å². The quantitative estimate of drug-likeness (QED) is 0.343. The van der Waals surface area contributed by atoms with Crippen LogP contribution in [0.15, 0.2) is 82.4 Å². The number of nitrogens with zero attached hydrogens (tertiary/aromatic N) is 2. The maximum absolute atomic E-state index is 13.7. The van der Waals surface area contributed by atoms with Gasteiger partial charge in [-0.3, -0.25) is 14.2 Å². The van der Waals surface area contributed by atoms with Gasteiger partial charge in [0.1, 0.15) is 21.8 Å². The highest BCUT2D eigenvalue weighted by Gasteiger charge is 2.18. The topological polar surface area (TPSA) is 61.2 Å². The number of aryl methyl sites for hydroxylation is 2. The summed E-state index contributed by atoms with van der Waals surface area (Å²) in [4.78, 5) is 32.3. The first-order valence-corrected chi connectivity index (χ1v) is 11.5. The largest absolute Gasteiger partial charge is 0.497 e. The Morgan fingerprint density at radius 2 is 1.67 bits per heavy atom. The fraction of sp³-hybridized carbons (Fsp3) is 0.148. The van der Waals surface area contributed by atoms with Crippen LogP contribution in [0, 0.1) is 6.92 Å². The van der Waals surface area contributed by atoms with E-state index >= 15 is 0 Å². The summed E-state index contributed by atoms with van der Waals surface area (Å²) in [5.41, 5.74) is 2.43. The van der Waals surface area contributed by atoms with Crippen molar-refractivity contribution in [3.63, 3.8) is 0 Å². The van der Waals surface area contributed by atoms with Crippen molar-refractivity contribution in [2.75, 3.05) is 7.11 Å². The standard InChI is InChI=1S/C27H22N2O3S/c1-17-7-3-4-8-20(17)25-28-26-23(24(30)21-9-5-6-10-22(21)33-26)27(31)29(25)16-15-18-11-13-19(32-2)14-12-18/h3-14H,15-16H2,1-2H3. The molecule has 0 saturated heterocycles. The molecule has 5 nitrogen and oxygen atoms in total. The zero-order valence-corrected chi connectivity index (χ0v) is 19.2. The molecule has 0 aliphatic rings. The van der Waals surface area contributed by atoms with Gasteiger partial charge in [-0.1, -0.05) is 48.5 Å². The Morgan fingerprint density at radius 3 is 2.42 bits per heavy atom. The van der Waals surface area contributed by atoms with Crippen LogP contribution >= 0.6 is 11.3 Å². The summed E-state index contributed by atoms with van der Waals surface area (Å²) in [7, 11) is 1.63. The van der Waals surface area contributed by atoms with Crippen LogP contribution in [0.2, 0.25) is 0 Å². The number of ether oxygens (including phenoxy) is 1. The molecule has 5 aromatic rings. The summed E-state index contributed by atoms with van der Waals surface area (Å²) in [5, 5.41) is 0.713. The molecular weight excluding hydrogens is 432 g/mol. The summed E-state index contributed by atoms with van der Waals surface area (Å²) < 4.78 is 7.72. The minimum absolute atomic E-state index is 0.158. The van der Waals surface area contributed by atoms with Gasteiger partial charge in [-0.2, -0.15) is 0 Å². The molecule has 6 heteroatoms. The fourth-order valence-electron chi connectivity index (χ4n) is 4.06. The zero-order valence-electron chi connectivity index (χ0n) is 18.4. The van der Waals surface area contributed by atoms with Crippen molar-refractivity contribution < 1.29 is 4.74 Å². The van der Waals surface area contributed by atoms with Crippen LogP contribution in [0.25, 0.3) is 31.7 Å². The van der Waals surface area contributed by atoms with Crippen LogP contribution < -0.4 is 15.7 Å². The number of aromatic nitrogens is 2. The molecular formula is C27H22N2O3S. The molecule has 0 atom stereocenters. The van der Waals surface area contributed by atoms with E-state index in [1.165, 1.54) is 11.3 Å². The lowest BCUT2D eigenvalue weighted by molar-refractivity contribution is 0.414. The minimum Gasteiger partial charge on any atom is -0.497 e. The van der Waals surface area contributed by atoms with Gasteiger partial charge in [0.2, 0.25) is 5.43 Å². The first-order valence-electron chi connectivity index (χ1n) is 10.7. The third-order valence-corrected chi connectivity index (χ3v) is 6.94. The van der Waals surface area contributed by atoms with Gasteiger partial charge in [-0.25, -0.2) is 4.98 Å². The Bertz CT molecular complexity index is 1600. The van der Waals surface area contributed by atoms with Crippen molar-refractivity contribution in [2.45, 2.75) is 19.9 Å². The summed E-state index contributed by atoms with van der Waals surface area (Å²) in [6.07, 6.45) is 0.626. The molecule has 0 aliphatic heterocycles. The Morgan fingerprint density at radius 1 is 0.939 bits per heavy atom. The maximum atomic E-state index is 13.7. The monoisotopic (exact) mass is 454 g/mol. The Kier molecular flexibility index (Phi) is 5.52. The molecule has 0 unspecified atom stereocenters. The van der Waals surface area contributed by atoms with Crippen molar-refractivity contribution in [3.05, 3.63) is 105 Å². The van der Waals surface area contributed by atoms with Crippen LogP contribution in [0.3, 0.4) is 0 Å². The molecule has 5 rings (SSSR count). The molecule has 33 heavy (non-hydrogen) atoms. The van der Waals surface area contributed by atoms with Gasteiger partial charge in [-0.05, 0) is 48.7 Å². The lowest BCUT2D eigenvalue weighted by Crippen LogP contribution is -2.28. The van der Waals surface area contributed by atoms with Gasteiger partial charge in [0.15, 0.2) is 0 Å². The summed E-state index contributed by atoms with van der Waals surface area (Å²) in [5.74, 6) is 1.37. The predicted octanol–water partition coefficient (Wildman–Crippen LogP) is 5.20. The second-order valence-corrected chi connectivity index (χ2v) is 8.94. The smallest absolute Gasteiger partial charge is 0.266 e. The molecule has 0 N–H and O–H groups in total. The first kappa shape index (κ1) is 21.1. The van der Waals surface area contributed by atoms with Crippen LogP contribution in [0.5, 0.6) is 5.75 Å². The zero-order chi connectivity index (χ0) is 22.9. The van der Waals surface area contributed by atoms with Crippen molar-refractivity contribution >= 4 is 31.6 Å². The second kappa shape index (κ2) is 8.64. The first-order chi connectivity index (χ1) is 16.1. The van der Waals surface area contributed by atoms with Crippen LogP contribution in [-0.2, 0) is 13.0 Å². The van der Waals surface area contributed by atoms with E-state index in [0.717, 1.165) is 27.1 Å². The third-order valence-electron chi connectivity index (χ3n) is 5.87. The summed E-state index contributed by atoms with van der Waals surface area (Å²) >= 11 is 1.38. The summed E-state index contributed by atoms with van der Waals surface area (Å²) in [6.45, 7) is 2.41. The van der Waals surface area contributed by atoms with E-state index in [0.29, 0.717) is 29.0 Å². The normalized spacial score (nSPS) is 11.2. The maximum Gasteiger partial charge on any atom is 0.266 e. The molecule has 0 saturated carbocycles. The van der Waals surface area contributed by atoms with E-state index in [2.05, 4.69) is 0 Å². The van der Waals surface area contributed by atoms with E-state index in [4.69, 9.17) is 9.72 Å². The van der Waals surface area contributed by atoms with Crippen LogP contribution in [0.4, 0.5) is 0 Å². The molecule has 0 radical (unpaired) electrons. The van der Waals surface area contributed by atoms with Crippen molar-refractivity contribution in [1.82, 2.24) is 9.55 Å². The van der Waals surface area contributed by atoms with Crippen LogP contribution in [-0.4, -0.2) is 16.7 Å². The Hall–Kier alpha value is -3.77. The minimum atomic E-state index is -0.293. The van der Waals surface area contributed by atoms with E-state index in [1.807, 2.05) is 73.7 Å². The van der Waals surface area contributed by atoms with Gasteiger partial charge in [-0.15, -0.1) is 11.3 Å². The Balaban J connectivity index is 1.73.